The smallest absolute Gasteiger partial charge is 0.227 e. The number of imidazole rings is 1. The van der Waals surface area contributed by atoms with Crippen molar-refractivity contribution in [1.82, 2.24) is 29.8 Å². The standard InChI is InChI=1S/C20H23ClN8O/c21-20-25-17-16(23-13-24-17)18(26-20)29-7-3-4-14(12-29)19(30)28-10-8-27(9-11-28)15-5-1-2-6-22-15/h1-2,5-6,13-14H,3-4,7-12H2,(H,23,24,25,26)/t14-/m1/s1. The van der Waals surface area contributed by atoms with E-state index in [0.717, 1.165) is 62.7 Å². The Balaban J connectivity index is 1.26. The molecule has 1 amide bonds. The molecule has 10 heteroatoms. The fraction of sp³-hybridized carbons (Fsp3) is 0.450. The predicted octanol–water partition coefficient (Wildman–Crippen LogP) is 1.97. The number of aromatic nitrogens is 5. The maximum Gasteiger partial charge on any atom is 0.227 e. The Kier molecular flexibility index (Phi) is 5.12. The van der Waals surface area contributed by atoms with Crippen LogP contribution in [0.3, 0.4) is 0 Å². The number of piperazine rings is 1. The van der Waals surface area contributed by atoms with Crippen molar-refractivity contribution in [3.8, 4) is 0 Å². The molecular formula is C20H23ClN8O. The lowest BCUT2D eigenvalue weighted by molar-refractivity contribution is -0.136. The minimum Gasteiger partial charge on any atom is -0.354 e. The Hall–Kier alpha value is -2.94. The van der Waals surface area contributed by atoms with Crippen LogP contribution in [-0.2, 0) is 4.79 Å². The van der Waals surface area contributed by atoms with Gasteiger partial charge in [0.1, 0.15) is 11.3 Å². The van der Waals surface area contributed by atoms with Crippen LogP contribution in [-0.4, -0.2) is 75.0 Å². The molecule has 9 nitrogen and oxygen atoms in total. The summed E-state index contributed by atoms with van der Waals surface area (Å²) in [7, 11) is 0. The number of halogens is 1. The van der Waals surface area contributed by atoms with Crippen LogP contribution >= 0.6 is 11.6 Å². The van der Waals surface area contributed by atoms with E-state index in [0.29, 0.717) is 12.2 Å². The molecule has 0 spiro atoms. The highest BCUT2D eigenvalue weighted by molar-refractivity contribution is 6.28. The molecule has 0 aromatic carbocycles. The number of carbonyl (C=O) groups is 1. The molecule has 0 unspecified atom stereocenters. The molecule has 0 bridgehead atoms. The van der Waals surface area contributed by atoms with E-state index >= 15 is 0 Å². The third kappa shape index (κ3) is 3.65. The van der Waals surface area contributed by atoms with Gasteiger partial charge >= 0.3 is 0 Å². The van der Waals surface area contributed by atoms with E-state index in [-0.39, 0.29) is 17.1 Å². The number of nitrogens with one attached hydrogen (secondary N) is 1. The highest BCUT2D eigenvalue weighted by Crippen LogP contribution is 2.28. The largest absolute Gasteiger partial charge is 0.354 e. The molecule has 5 heterocycles. The number of rotatable bonds is 3. The monoisotopic (exact) mass is 426 g/mol. The van der Waals surface area contributed by atoms with Crippen LogP contribution in [0, 0.1) is 5.92 Å². The first-order valence-electron chi connectivity index (χ1n) is 10.3. The minimum atomic E-state index is -0.0492. The lowest BCUT2D eigenvalue weighted by Crippen LogP contribution is -2.52. The van der Waals surface area contributed by atoms with Gasteiger partial charge in [0.2, 0.25) is 11.2 Å². The zero-order chi connectivity index (χ0) is 20.5. The van der Waals surface area contributed by atoms with Crippen molar-refractivity contribution in [3.63, 3.8) is 0 Å². The maximum absolute atomic E-state index is 13.2. The van der Waals surface area contributed by atoms with Crippen molar-refractivity contribution >= 4 is 40.3 Å². The molecule has 5 rings (SSSR count). The molecule has 2 fully saturated rings. The summed E-state index contributed by atoms with van der Waals surface area (Å²) < 4.78 is 0. The molecule has 3 aromatic rings. The van der Waals surface area contributed by atoms with Crippen LogP contribution in [0.5, 0.6) is 0 Å². The molecule has 30 heavy (non-hydrogen) atoms. The molecule has 1 N–H and O–H groups in total. The average Bonchev–Trinajstić information content (AvgIpc) is 3.27. The maximum atomic E-state index is 13.2. The number of aromatic amines is 1. The molecule has 156 valence electrons. The molecule has 0 radical (unpaired) electrons. The number of piperidine rings is 1. The first-order valence-corrected chi connectivity index (χ1v) is 10.6. The van der Waals surface area contributed by atoms with Gasteiger partial charge < -0.3 is 19.7 Å². The topological polar surface area (TPSA) is 94.1 Å². The van der Waals surface area contributed by atoms with Gasteiger partial charge in [0.15, 0.2) is 11.5 Å². The average molecular weight is 427 g/mol. The van der Waals surface area contributed by atoms with Crippen molar-refractivity contribution in [2.24, 2.45) is 5.92 Å². The van der Waals surface area contributed by atoms with E-state index in [2.05, 4.69) is 34.7 Å². The van der Waals surface area contributed by atoms with Gasteiger partial charge in [-0.2, -0.15) is 9.97 Å². The van der Waals surface area contributed by atoms with Gasteiger partial charge in [-0.3, -0.25) is 4.79 Å². The Morgan fingerprint density at radius 2 is 1.93 bits per heavy atom. The summed E-state index contributed by atoms with van der Waals surface area (Å²) in [4.78, 5) is 39.9. The molecule has 0 saturated carbocycles. The molecule has 1 atom stereocenters. The van der Waals surface area contributed by atoms with E-state index in [1.807, 2.05) is 23.1 Å². The van der Waals surface area contributed by atoms with Crippen molar-refractivity contribution in [1.29, 1.82) is 0 Å². The summed E-state index contributed by atoms with van der Waals surface area (Å²) >= 11 is 6.10. The number of pyridine rings is 1. The van der Waals surface area contributed by atoms with Crippen LogP contribution in [0.25, 0.3) is 11.2 Å². The predicted molar refractivity (Wildman–Crippen MR) is 115 cm³/mol. The highest BCUT2D eigenvalue weighted by Gasteiger charge is 2.32. The Morgan fingerprint density at radius 1 is 1.07 bits per heavy atom. The van der Waals surface area contributed by atoms with Crippen molar-refractivity contribution in [3.05, 3.63) is 36.0 Å². The Bertz CT molecular complexity index is 1030. The van der Waals surface area contributed by atoms with E-state index in [9.17, 15) is 4.79 Å². The second kappa shape index (κ2) is 8.06. The van der Waals surface area contributed by atoms with E-state index in [1.165, 1.54) is 0 Å². The van der Waals surface area contributed by atoms with Crippen molar-refractivity contribution in [2.45, 2.75) is 12.8 Å². The van der Waals surface area contributed by atoms with Crippen LogP contribution in [0.4, 0.5) is 11.6 Å². The fourth-order valence-electron chi connectivity index (χ4n) is 4.35. The highest BCUT2D eigenvalue weighted by atomic mass is 35.5. The zero-order valence-electron chi connectivity index (χ0n) is 16.5. The first-order chi connectivity index (χ1) is 14.7. The second-order valence-corrected chi connectivity index (χ2v) is 8.04. The Labute approximate surface area is 179 Å². The molecule has 2 aliphatic heterocycles. The normalized spacial score (nSPS) is 20.0. The van der Waals surface area contributed by atoms with Gasteiger partial charge in [0.05, 0.1) is 12.2 Å². The lowest BCUT2D eigenvalue weighted by Gasteiger charge is -2.39. The fourth-order valence-corrected chi connectivity index (χ4v) is 4.51. The number of H-pyrrole nitrogens is 1. The SMILES string of the molecule is O=C([C@@H]1CCCN(c2nc(Cl)nc3nc[nH]c23)C1)N1CCN(c2ccccn2)CC1. The summed E-state index contributed by atoms with van der Waals surface area (Å²) in [5.74, 6) is 1.87. The zero-order valence-corrected chi connectivity index (χ0v) is 17.3. The van der Waals surface area contributed by atoms with E-state index in [1.54, 1.807) is 12.5 Å². The number of nitrogens with zero attached hydrogens (tertiary/aromatic N) is 7. The number of anilines is 2. The van der Waals surface area contributed by atoms with E-state index in [4.69, 9.17) is 11.6 Å². The molecular weight excluding hydrogens is 404 g/mol. The van der Waals surface area contributed by atoms with Crippen LogP contribution in [0.2, 0.25) is 5.28 Å². The number of hydrogen-bond acceptors (Lipinski definition) is 7. The number of fused-ring (bicyclic) bond motifs is 1. The molecule has 2 saturated heterocycles. The van der Waals surface area contributed by atoms with Gasteiger partial charge in [0, 0.05) is 45.5 Å². The summed E-state index contributed by atoms with van der Waals surface area (Å²) in [6.45, 7) is 4.50. The number of hydrogen-bond donors (Lipinski definition) is 1. The summed E-state index contributed by atoms with van der Waals surface area (Å²) in [5.41, 5.74) is 1.31. The molecule has 3 aromatic heterocycles. The van der Waals surface area contributed by atoms with Crippen LogP contribution in [0.15, 0.2) is 30.7 Å². The second-order valence-electron chi connectivity index (χ2n) is 7.70. The third-order valence-corrected chi connectivity index (χ3v) is 6.04. The third-order valence-electron chi connectivity index (χ3n) is 5.87. The minimum absolute atomic E-state index is 0.0492. The van der Waals surface area contributed by atoms with E-state index < -0.39 is 0 Å². The van der Waals surface area contributed by atoms with Crippen LogP contribution in [0.1, 0.15) is 12.8 Å². The van der Waals surface area contributed by atoms with Gasteiger partial charge in [-0.1, -0.05) is 6.07 Å². The Morgan fingerprint density at radius 3 is 2.73 bits per heavy atom. The summed E-state index contributed by atoms with van der Waals surface area (Å²) in [6.07, 6.45) is 5.22. The first kappa shape index (κ1) is 19.0. The molecule has 2 aliphatic rings. The lowest BCUT2D eigenvalue weighted by atomic mass is 9.96. The van der Waals surface area contributed by atoms with Gasteiger partial charge in [0.25, 0.3) is 0 Å². The van der Waals surface area contributed by atoms with Crippen LogP contribution < -0.4 is 9.80 Å². The van der Waals surface area contributed by atoms with Crippen molar-refractivity contribution in [2.75, 3.05) is 49.1 Å². The van der Waals surface area contributed by atoms with Gasteiger partial charge in [-0.25, -0.2) is 9.97 Å². The van der Waals surface area contributed by atoms with Crippen molar-refractivity contribution < 1.29 is 4.79 Å². The number of amides is 1. The molecule has 0 aliphatic carbocycles. The quantitative estimate of drug-likeness (QED) is 0.640. The van der Waals surface area contributed by atoms with Gasteiger partial charge in [-0.15, -0.1) is 0 Å². The summed E-state index contributed by atoms with van der Waals surface area (Å²) in [5, 5.41) is 0.170. The summed E-state index contributed by atoms with van der Waals surface area (Å²) in [6, 6.07) is 5.92. The van der Waals surface area contributed by atoms with Gasteiger partial charge in [-0.05, 0) is 36.6 Å². The number of carbonyl (C=O) groups excluding carboxylic acids is 1.